The van der Waals surface area contributed by atoms with Crippen molar-refractivity contribution < 1.29 is 38.4 Å². The lowest BCUT2D eigenvalue weighted by Gasteiger charge is -2.27. The number of hydrogen-bond acceptors (Lipinski definition) is 10. The average Bonchev–Trinajstić information content (AvgIpc) is 4.08. The van der Waals surface area contributed by atoms with Crippen molar-refractivity contribution in [3.8, 4) is 0 Å². The maximum atomic E-state index is 13.9. The largest absolute Gasteiger partial charge is 0.370 e. The molecule has 4 fully saturated rings. The van der Waals surface area contributed by atoms with Crippen LogP contribution in [0.1, 0.15) is 104 Å². The van der Waals surface area contributed by atoms with E-state index in [0.717, 1.165) is 24.8 Å². The van der Waals surface area contributed by atoms with Gasteiger partial charge in [0.25, 0.3) is 0 Å². The maximum Gasteiger partial charge on any atom is 0.226 e. The van der Waals surface area contributed by atoms with E-state index in [1.54, 1.807) is 0 Å². The Morgan fingerprint density at radius 3 is 1.77 bits per heavy atom. The first-order valence-corrected chi connectivity index (χ1v) is 24.3. The van der Waals surface area contributed by atoms with Crippen molar-refractivity contribution in [3.63, 3.8) is 0 Å². The molecule has 0 aromatic heterocycles. The van der Waals surface area contributed by atoms with Crippen LogP contribution < -0.4 is 53.6 Å². The molecule has 11 N–H and O–H groups in total. The zero-order chi connectivity index (χ0) is 47.9. The Morgan fingerprint density at radius 2 is 1.17 bits per heavy atom. The van der Waals surface area contributed by atoms with Gasteiger partial charge < -0.3 is 53.6 Å². The summed E-state index contributed by atoms with van der Waals surface area (Å²) in [6, 6.07) is 6.95. The molecule has 2 aliphatic heterocycles. The molecule has 18 nitrogen and oxygen atoms in total. The van der Waals surface area contributed by atoms with Crippen LogP contribution in [0.2, 0.25) is 0 Å². The first-order chi connectivity index (χ1) is 31.5. The summed E-state index contributed by atoms with van der Waals surface area (Å²) in [4.78, 5) is 105. The lowest BCUT2D eigenvalue weighted by atomic mass is 9.93. The van der Waals surface area contributed by atoms with Crippen molar-refractivity contribution in [1.82, 2.24) is 47.9 Å². The summed E-state index contributed by atoms with van der Waals surface area (Å²) in [6.45, 7) is 11.0. The van der Waals surface area contributed by atoms with Gasteiger partial charge in [-0.25, -0.2) is 0 Å². The molecule has 2 saturated carbocycles. The van der Waals surface area contributed by atoms with E-state index < -0.39 is 53.7 Å². The minimum absolute atomic E-state index is 0.0264. The van der Waals surface area contributed by atoms with Gasteiger partial charge in [-0.2, -0.15) is 0 Å². The zero-order valence-electron chi connectivity index (χ0n) is 39.5. The maximum absolute atomic E-state index is 13.9. The van der Waals surface area contributed by atoms with E-state index in [-0.39, 0.29) is 90.6 Å². The predicted molar refractivity (Wildman–Crippen MR) is 249 cm³/mol. The van der Waals surface area contributed by atoms with Gasteiger partial charge in [0.15, 0.2) is 0 Å². The highest BCUT2D eigenvalue weighted by molar-refractivity contribution is 5.87. The fourth-order valence-corrected chi connectivity index (χ4v) is 10.3. The second kappa shape index (κ2) is 25.1. The fraction of sp³-hybridized carbons (Fsp3) is 0.708. The number of rotatable bonds is 23. The van der Waals surface area contributed by atoms with Crippen molar-refractivity contribution in [2.24, 2.45) is 47.2 Å². The third-order valence-electron chi connectivity index (χ3n) is 13.5. The van der Waals surface area contributed by atoms with Gasteiger partial charge in [0.05, 0.1) is 41.7 Å². The standard InChI is InChI=1S/C48H76N10O8/c1-27(2)17-31(22-52-45(63)34-13-9-16-39(34)56-43(61)21-32(18-28(3)4)54-46(64)35-14-10-15-38(35)53-29(5)59)44(62)57-40-25-51-24-37(40)48(66)58-41-26-50-23-36(41)47(65)55-33(20-42(49)60)19-30-11-7-6-8-12-30/h6-8,11-12,27-28,31-41,50-51H,9-10,13-26H2,1-5H3,(H2,49,60)(H,52,63)(H,53,59)(H,54,64)(H,55,65)(H,56,61)(H,57,62)(H,58,66)/t31-,32-,33-,34?,35?,36?,37?,38?,39?,40?,41?/m0/s1. The van der Waals surface area contributed by atoms with Gasteiger partial charge in [-0.1, -0.05) is 70.9 Å². The van der Waals surface area contributed by atoms with Gasteiger partial charge in [0.2, 0.25) is 47.3 Å². The number of primary amides is 1. The average molecular weight is 921 g/mol. The van der Waals surface area contributed by atoms with E-state index >= 15 is 0 Å². The molecule has 0 bridgehead atoms. The molecular formula is C48H76N10O8. The highest BCUT2D eigenvalue weighted by Gasteiger charge is 2.41. The smallest absolute Gasteiger partial charge is 0.226 e. The van der Waals surface area contributed by atoms with Crippen LogP contribution in [0, 0.1) is 41.4 Å². The summed E-state index contributed by atoms with van der Waals surface area (Å²) >= 11 is 0. The van der Waals surface area contributed by atoms with Gasteiger partial charge in [-0.05, 0) is 62.3 Å². The summed E-state index contributed by atoms with van der Waals surface area (Å²) < 4.78 is 0. The molecule has 366 valence electrons. The summed E-state index contributed by atoms with van der Waals surface area (Å²) in [5.41, 5.74) is 6.47. The van der Waals surface area contributed by atoms with Crippen LogP contribution in [0.3, 0.4) is 0 Å². The van der Waals surface area contributed by atoms with Crippen LogP contribution in [-0.2, 0) is 44.8 Å². The lowest BCUT2D eigenvalue weighted by Crippen LogP contribution is -2.54. The van der Waals surface area contributed by atoms with Crippen LogP contribution in [-0.4, -0.2) is 116 Å². The Hall–Kier alpha value is -5.10. The first kappa shape index (κ1) is 51.9. The molecule has 0 radical (unpaired) electrons. The fourth-order valence-electron chi connectivity index (χ4n) is 10.3. The van der Waals surface area contributed by atoms with Crippen LogP contribution in [0.5, 0.6) is 0 Å². The Bertz CT molecular complexity index is 1850. The Kier molecular flexibility index (Phi) is 19.8. The normalized spacial score (nSPS) is 26.2. The number of carbonyl (C=O) groups excluding carboxylic acids is 8. The molecule has 1 aromatic rings. The van der Waals surface area contributed by atoms with E-state index in [1.807, 2.05) is 58.0 Å². The highest BCUT2D eigenvalue weighted by Crippen LogP contribution is 2.28. The third kappa shape index (κ3) is 15.8. The SMILES string of the molecule is CC(=O)NC1CCCC1C(=O)N[C@H](CC(=O)NC1CCCC1C(=O)NC[C@H](CC(C)C)C(=O)NC1CNCC1C(=O)NC1CNCC1C(=O)N[C@H](CC(N)=O)Cc1ccccc1)CC(C)C. The number of amides is 8. The number of nitrogens with two attached hydrogens (primary N) is 1. The van der Waals surface area contributed by atoms with Gasteiger partial charge >= 0.3 is 0 Å². The molecule has 2 saturated heterocycles. The van der Waals surface area contributed by atoms with E-state index in [4.69, 9.17) is 5.73 Å². The molecule has 0 spiro atoms. The molecule has 18 heteroatoms. The summed E-state index contributed by atoms with van der Waals surface area (Å²) in [5, 5.41) is 27.6. The van der Waals surface area contributed by atoms with E-state index in [0.29, 0.717) is 64.7 Å². The summed E-state index contributed by atoms with van der Waals surface area (Å²) in [5.74, 6) is -4.43. The number of nitrogens with one attached hydrogen (secondary N) is 9. The molecular weight excluding hydrogens is 845 g/mol. The zero-order valence-corrected chi connectivity index (χ0v) is 39.5. The second-order valence-electron chi connectivity index (χ2n) is 20.0. The Balaban J connectivity index is 1.12. The molecule has 1 aromatic carbocycles. The number of carbonyl (C=O) groups is 8. The van der Waals surface area contributed by atoms with E-state index in [1.165, 1.54) is 6.92 Å². The molecule has 2 heterocycles. The molecule has 5 rings (SSSR count). The van der Waals surface area contributed by atoms with Crippen LogP contribution in [0.25, 0.3) is 0 Å². The van der Waals surface area contributed by atoms with Crippen molar-refractivity contribution in [3.05, 3.63) is 35.9 Å². The lowest BCUT2D eigenvalue weighted by molar-refractivity contribution is -0.130. The monoisotopic (exact) mass is 921 g/mol. The molecule has 8 unspecified atom stereocenters. The minimum atomic E-state index is -0.604. The molecule has 8 amide bonds. The molecule has 4 aliphatic rings. The van der Waals surface area contributed by atoms with E-state index in [9.17, 15) is 38.4 Å². The van der Waals surface area contributed by atoms with Crippen LogP contribution in [0.15, 0.2) is 30.3 Å². The summed E-state index contributed by atoms with van der Waals surface area (Å²) in [7, 11) is 0. The van der Waals surface area contributed by atoms with Crippen LogP contribution in [0.4, 0.5) is 0 Å². The van der Waals surface area contributed by atoms with Gasteiger partial charge in [0, 0.05) is 76.7 Å². The van der Waals surface area contributed by atoms with Crippen molar-refractivity contribution in [1.29, 1.82) is 0 Å². The van der Waals surface area contributed by atoms with Crippen molar-refractivity contribution >= 4 is 47.3 Å². The van der Waals surface area contributed by atoms with Crippen molar-refractivity contribution in [2.45, 2.75) is 141 Å². The predicted octanol–water partition coefficient (Wildman–Crippen LogP) is 0.287. The van der Waals surface area contributed by atoms with Crippen LogP contribution >= 0.6 is 0 Å². The molecule has 2 aliphatic carbocycles. The van der Waals surface area contributed by atoms with Gasteiger partial charge in [0.1, 0.15) is 0 Å². The number of benzene rings is 1. The topological polar surface area (TPSA) is 271 Å². The Morgan fingerprint density at radius 1 is 0.606 bits per heavy atom. The third-order valence-corrected chi connectivity index (χ3v) is 13.5. The Labute approximate surface area is 389 Å². The summed E-state index contributed by atoms with van der Waals surface area (Å²) in [6.07, 6.45) is 5.78. The van der Waals surface area contributed by atoms with Gasteiger partial charge in [-0.3, -0.25) is 38.4 Å². The van der Waals surface area contributed by atoms with Crippen molar-refractivity contribution in [2.75, 3.05) is 32.7 Å². The van der Waals surface area contributed by atoms with E-state index in [2.05, 4.69) is 47.9 Å². The molecule has 11 atom stereocenters. The minimum Gasteiger partial charge on any atom is -0.370 e. The number of hydrogen-bond donors (Lipinski definition) is 10. The molecule has 66 heavy (non-hydrogen) atoms. The second-order valence-corrected chi connectivity index (χ2v) is 20.0. The quantitative estimate of drug-likeness (QED) is 0.0717. The first-order valence-electron chi connectivity index (χ1n) is 24.3. The van der Waals surface area contributed by atoms with Gasteiger partial charge in [-0.15, -0.1) is 0 Å². The highest BCUT2D eigenvalue weighted by atomic mass is 16.2.